The van der Waals surface area contributed by atoms with E-state index in [1.54, 1.807) is 0 Å². The monoisotopic (exact) mass is 240 g/mol. The van der Waals surface area contributed by atoms with Crippen LogP contribution in [0.1, 0.15) is 0 Å². The summed E-state index contributed by atoms with van der Waals surface area (Å²) in [6.07, 6.45) is 0. The molecule has 4 heavy (non-hydrogen) atoms. The summed E-state index contributed by atoms with van der Waals surface area (Å²) < 4.78 is 0. The number of hydrogen-bond acceptors (Lipinski definition) is 0. The molecule has 33 valence electrons. The third kappa shape index (κ3) is 16.2. The molecule has 0 nitrogen and oxygen atoms in total. The first-order chi connectivity index (χ1) is 1.73. The maximum atomic E-state index is 2.32. The maximum absolute atomic E-state index is 2.32. The quantitative estimate of drug-likeness (QED) is 0.605. The molecular weight excluding hydrogens is 231 g/mol. The minimum absolute atomic E-state index is 0.269. The molecule has 0 aliphatic heterocycles. The van der Waals surface area contributed by atoms with Gasteiger partial charge in [0.05, 0.1) is 0 Å². The Labute approximate surface area is 33.8 Å². The molecule has 0 fully saturated rings. The van der Waals surface area contributed by atoms with Crippen molar-refractivity contribution < 1.29 is 17.3 Å². The van der Waals surface area contributed by atoms with Crippen LogP contribution in [-0.2, 0) is 17.3 Å². The first kappa shape index (κ1) is 4.69. The van der Waals surface area contributed by atoms with Crippen molar-refractivity contribution in [3.05, 3.63) is 0 Å². The second-order valence-electron chi connectivity index (χ2n) is 0.949. The van der Waals surface area contributed by atoms with Crippen LogP contribution in [0.3, 0.4) is 0 Å². The first-order valence-electron chi connectivity index (χ1n) is 0.949. The average molecular weight is 240 g/mol. The van der Waals surface area contributed by atoms with Gasteiger partial charge in [0.15, 0.2) is 0 Å². The Kier molecular flexibility index (Phi) is 2.30. The van der Waals surface area contributed by atoms with E-state index < -0.39 is 0 Å². The Hall–Kier alpha value is 0.688. The van der Waals surface area contributed by atoms with Gasteiger partial charge in [-0.3, -0.25) is 0 Å². The molecule has 0 aliphatic carbocycles. The van der Waals surface area contributed by atoms with Crippen molar-refractivity contribution in [1.29, 1.82) is 0 Å². The summed E-state index contributed by atoms with van der Waals surface area (Å²) in [5.74, 6) is 0. The summed E-state index contributed by atoms with van der Waals surface area (Å²) in [6.45, 7) is 0. The predicted molar refractivity (Wildman–Crippen MR) is 17.6 cm³/mol. The van der Waals surface area contributed by atoms with Crippen LogP contribution in [0.2, 0.25) is 15.9 Å². The average Bonchev–Trinajstić information content (AvgIpc) is 0.811. The van der Waals surface area contributed by atoms with E-state index >= 15 is 0 Å². The molecule has 0 rings (SSSR count). The van der Waals surface area contributed by atoms with Crippen LogP contribution in [0.4, 0.5) is 0 Å². The van der Waals surface area contributed by atoms with Crippen LogP contribution in [-0.4, -0.2) is 0 Å². The molecule has 0 N–H and O–H groups in total. The third-order valence-electron chi connectivity index (χ3n) is 0. The molecule has 0 aromatic heterocycles. The number of hydrogen-bond donors (Lipinski definition) is 0. The van der Waals surface area contributed by atoms with Crippen molar-refractivity contribution in [1.82, 2.24) is 0 Å². The van der Waals surface area contributed by atoms with Gasteiger partial charge in [-0.1, -0.05) is 0 Å². The summed E-state index contributed by atoms with van der Waals surface area (Å²) in [5.41, 5.74) is 0. The SMILES string of the molecule is [CH3][Pt-2]([CH3])[CH3]. The molecule has 0 unspecified atom stereocenters. The van der Waals surface area contributed by atoms with Crippen molar-refractivity contribution in [3.8, 4) is 0 Å². The zero-order valence-corrected chi connectivity index (χ0v) is 5.59. The molecule has 1 heteroatoms. The van der Waals surface area contributed by atoms with E-state index in [4.69, 9.17) is 0 Å². The van der Waals surface area contributed by atoms with Crippen molar-refractivity contribution >= 4 is 0 Å². The fraction of sp³-hybridized carbons (Fsp3) is 1.00. The van der Waals surface area contributed by atoms with Gasteiger partial charge < -0.3 is 0 Å². The molecule has 0 radical (unpaired) electrons. The first-order valence-corrected chi connectivity index (χ1v) is 7.77. The van der Waals surface area contributed by atoms with E-state index in [0.29, 0.717) is 0 Å². The molecule has 0 aromatic rings. The van der Waals surface area contributed by atoms with E-state index in [-0.39, 0.29) is 17.3 Å². The minimum atomic E-state index is -0.269. The predicted octanol–water partition coefficient (Wildman–Crippen LogP) is 1.75. The Morgan fingerprint density at radius 3 is 1.00 bits per heavy atom. The van der Waals surface area contributed by atoms with Gasteiger partial charge in [-0.05, 0) is 0 Å². The van der Waals surface area contributed by atoms with Crippen LogP contribution in [0.5, 0.6) is 0 Å². The van der Waals surface area contributed by atoms with E-state index in [1.807, 2.05) is 0 Å². The van der Waals surface area contributed by atoms with Crippen LogP contribution < -0.4 is 0 Å². The van der Waals surface area contributed by atoms with Gasteiger partial charge in [-0.2, -0.15) is 0 Å². The van der Waals surface area contributed by atoms with Crippen LogP contribution in [0.15, 0.2) is 0 Å². The zero-order chi connectivity index (χ0) is 3.58. The van der Waals surface area contributed by atoms with Gasteiger partial charge in [0.1, 0.15) is 0 Å². The molecule has 0 aliphatic rings. The normalized spacial score (nSPS) is 11.2. The van der Waals surface area contributed by atoms with Crippen molar-refractivity contribution in [2.24, 2.45) is 0 Å². The van der Waals surface area contributed by atoms with Crippen molar-refractivity contribution in [2.75, 3.05) is 0 Å². The summed E-state index contributed by atoms with van der Waals surface area (Å²) in [6, 6.07) is 0. The standard InChI is InChI=1S/3CH3.Pt/h3*1H3;/q;;;-2. The van der Waals surface area contributed by atoms with E-state index in [1.165, 1.54) is 0 Å². The molecule has 0 saturated heterocycles. The van der Waals surface area contributed by atoms with Gasteiger partial charge in [-0.15, -0.1) is 0 Å². The zero-order valence-electron chi connectivity index (χ0n) is 3.32. The molecule has 0 saturated carbocycles. The van der Waals surface area contributed by atoms with Gasteiger partial charge in [-0.25, -0.2) is 0 Å². The van der Waals surface area contributed by atoms with Crippen molar-refractivity contribution in [3.63, 3.8) is 0 Å². The molecule has 0 aromatic carbocycles. The van der Waals surface area contributed by atoms with Gasteiger partial charge in [0, 0.05) is 0 Å². The fourth-order valence-corrected chi connectivity index (χ4v) is 0. The second-order valence-corrected chi connectivity index (χ2v) is 7.77. The Morgan fingerprint density at radius 2 is 1.00 bits per heavy atom. The summed E-state index contributed by atoms with van der Waals surface area (Å²) in [5, 5.41) is 6.97. The van der Waals surface area contributed by atoms with Crippen LogP contribution in [0, 0.1) is 0 Å². The molecule has 0 amide bonds. The Bertz CT molecular complexity index is 8.00. The van der Waals surface area contributed by atoms with Gasteiger partial charge >= 0.3 is 33.3 Å². The van der Waals surface area contributed by atoms with E-state index in [0.717, 1.165) is 0 Å². The molecule has 0 heterocycles. The van der Waals surface area contributed by atoms with E-state index in [9.17, 15) is 0 Å². The van der Waals surface area contributed by atoms with Crippen molar-refractivity contribution in [2.45, 2.75) is 15.9 Å². The van der Waals surface area contributed by atoms with Crippen LogP contribution in [0.25, 0.3) is 0 Å². The van der Waals surface area contributed by atoms with Crippen LogP contribution >= 0.6 is 0 Å². The van der Waals surface area contributed by atoms with E-state index in [2.05, 4.69) is 15.9 Å². The Balaban J connectivity index is 2.32. The second kappa shape index (κ2) is 1.96. The Morgan fingerprint density at radius 1 is 1.00 bits per heavy atom. The molecule has 0 spiro atoms. The molecule has 0 bridgehead atoms. The van der Waals surface area contributed by atoms with Gasteiger partial charge in [0.25, 0.3) is 0 Å². The molecular formula is C3H9Pt-2. The van der Waals surface area contributed by atoms with Gasteiger partial charge in [0.2, 0.25) is 0 Å². The topological polar surface area (TPSA) is 0 Å². The summed E-state index contributed by atoms with van der Waals surface area (Å²) in [4.78, 5) is 0. The molecule has 0 atom stereocenters. The summed E-state index contributed by atoms with van der Waals surface area (Å²) in [7, 11) is 0. The number of rotatable bonds is 0. The third-order valence-corrected chi connectivity index (χ3v) is 0. The fourth-order valence-electron chi connectivity index (χ4n) is 0. The summed E-state index contributed by atoms with van der Waals surface area (Å²) >= 11 is -0.269.